The number of piperidine rings is 1. The highest BCUT2D eigenvalue weighted by molar-refractivity contribution is 5.98. The first-order chi connectivity index (χ1) is 12.3. The van der Waals surface area contributed by atoms with Crippen molar-refractivity contribution in [3.63, 3.8) is 0 Å². The molecule has 1 aliphatic heterocycles. The van der Waals surface area contributed by atoms with Crippen LogP contribution in [-0.2, 0) is 4.79 Å². The number of hydrogen-bond donors (Lipinski definition) is 2. The summed E-state index contributed by atoms with van der Waals surface area (Å²) in [4.78, 5) is 27.1. The maximum absolute atomic E-state index is 13.8. The van der Waals surface area contributed by atoms with Gasteiger partial charge in [-0.05, 0) is 50.4 Å². The van der Waals surface area contributed by atoms with E-state index in [-0.39, 0.29) is 24.2 Å². The number of hydrogen-bond acceptors (Lipinski definition) is 3. The largest absolute Gasteiger partial charge is 0.341 e. The molecule has 2 N–H and O–H groups in total. The third-order valence-corrected chi connectivity index (χ3v) is 4.73. The van der Waals surface area contributed by atoms with E-state index in [1.807, 2.05) is 7.05 Å². The maximum Gasteiger partial charge on any atom is 0.257 e. The van der Waals surface area contributed by atoms with Crippen LogP contribution in [-0.4, -0.2) is 49.4 Å². The Morgan fingerprint density at radius 3 is 2.44 bits per heavy atom. The molecule has 5 nitrogen and oxygen atoms in total. The predicted molar refractivity (Wildman–Crippen MR) is 103 cm³/mol. The van der Waals surface area contributed by atoms with Gasteiger partial charge in [0.2, 0.25) is 5.91 Å². The van der Waals surface area contributed by atoms with Gasteiger partial charge in [-0.15, -0.1) is 12.4 Å². The summed E-state index contributed by atoms with van der Waals surface area (Å²) in [5.74, 6) is -2.83. The molecule has 1 heterocycles. The predicted octanol–water partition coefficient (Wildman–Crippen LogP) is 2.60. The molecule has 8 heteroatoms. The van der Waals surface area contributed by atoms with Crippen LogP contribution in [0.15, 0.2) is 18.2 Å². The molecule has 0 bridgehead atoms. The van der Waals surface area contributed by atoms with Crippen LogP contribution in [0.25, 0.3) is 0 Å². The highest BCUT2D eigenvalue weighted by Gasteiger charge is 2.32. The molecule has 152 valence electrons. The van der Waals surface area contributed by atoms with Crippen molar-refractivity contribution in [1.29, 1.82) is 0 Å². The second-order valence-electron chi connectivity index (χ2n) is 7.14. The smallest absolute Gasteiger partial charge is 0.257 e. The van der Waals surface area contributed by atoms with Crippen LogP contribution in [0.2, 0.25) is 0 Å². The van der Waals surface area contributed by atoms with Crippen molar-refractivity contribution in [2.45, 2.75) is 32.7 Å². The first-order valence-corrected chi connectivity index (χ1v) is 9.03. The van der Waals surface area contributed by atoms with Gasteiger partial charge in [0.15, 0.2) is 0 Å². The standard InChI is InChI=1S/C19H27F2N3O2.ClH/c1-12(2)17(19(26)24-9-5-6-13(11-24)10-22-3)23-18(25)16-14(20)7-4-8-15(16)21;/h4,7-8,12-13,17,22H,5-6,9-11H2,1-3H3,(H,23,25);1H. The van der Waals surface area contributed by atoms with Crippen molar-refractivity contribution in [1.82, 2.24) is 15.5 Å². The number of nitrogens with one attached hydrogen (secondary N) is 2. The fraction of sp³-hybridized carbons (Fsp3) is 0.579. The minimum atomic E-state index is -0.940. The number of rotatable bonds is 6. The highest BCUT2D eigenvalue weighted by atomic mass is 35.5. The topological polar surface area (TPSA) is 61.4 Å². The zero-order chi connectivity index (χ0) is 19.3. The van der Waals surface area contributed by atoms with Gasteiger partial charge in [-0.2, -0.15) is 0 Å². The number of benzene rings is 1. The second kappa shape index (κ2) is 10.6. The van der Waals surface area contributed by atoms with E-state index >= 15 is 0 Å². The summed E-state index contributed by atoms with van der Waals surface area (Å²) in [6.07, 6.45) is 1.95. The van der Waals surface area contributed by atoms with Crippen molar-refractivity contribution in [2.24, 2.45) is 11.8 Å². The maximum atomic E-state index is 13.8. The van der Waals surface area contributed by atoms with Crippen molar-refractivity contribution in [3.05, 3.63) is 35.4 Å². The monoisotopic (exact) mass is 403 g/mol. The molecule has 1 saturated heterocycles. The molecule has 1 aromatic rings. The molecule has 2 unspecified atom stereocenters. The summed E-state index contributed by atoms with van der Waals surface area (Å²) in [5, 5.41) is 5.66. The van der Waals surface area contributed by atoms with E-state index in [9.17, 15) is 18.4 Å². The average molecular weight is 404 g/mol. The Balaban J connectivity index is 0.00000364. The molecule has 0 aromatic heterocycles. The normalized spacial score (nSPS) is 18.0. The average Bonchev–Trinajstić information content (AvgIpc) is 2.59. The number of nitrogens with zero attached hydrogens (tertiary/aromatic N) is 1. The minimum absolute atomic E-state index is 0. The van der Waals surface area contributed by atoms with Gasteiger partial charge in [0.25, 0.3) is 5.91 Å². The first kappa shape index (κ1) is 23.3. The summed E-state index contributed by atoms with van der Waals surface area (Å²) in [7, 11) is 1.88. The van der Waals surface area contributed by atoms with E-state index in [2.05, 4.69) is 10.6 Å². The highest BCUT2D eigenvalue weighted by Crippen LogP contribution is 2.19. The molecule has 0 spiro atoms. The van der Waals surface area contributed by atoms with Crippen LogP contribution >= 0.6 is 12.4 Å². The fourth-order valence-electron chi connectivity index (χ4n) is 3.36. The number of amides is 2. The van der Waals surface area contributed by atoms with E-state index in [1.54, 1.807) is 18.7 Å². The van der Waals surface area contributed by atoms with Crippen LogP contribution in [0.5, 0.6) is 0 Å². The van der Waals surface area contributed by atoms with Crippen molar-refractivity contribution in [3.8, 4) is 0 Å². The van der Waals surface area contributed by atoms with Crippen LogP contribution in [0.3, 0.4) is 0 Å². The van der Waals surface area contributed by atoms with Gasteiger partial charge in [0, 0.05) is 13.1 Å². The van der Waals surface area contributed by atoms with Crippen molar-refractivity contribution < 1.29 is 18.4 Å². The number of halogens is 3. The Bertz CT molecular complexity index is 636. The van der Waals surface area contributed by atoms with E-state index in [1.165, 1.54) is 6.07 Å². The lowest BCUT2D eigenvalue weighted by atomic mass is 9.95. The van der Waals surface area contributed by atoms with Gasteiger partial charge < -0.3 is 15.5 Å². The molecular formula is C19H28ClF2N3O2. The molecule has 0 saturated carbocycles. The van der Waals surface area contributed by atoms with Crippen LogP contribution in [0, 0.1) is 23.5 Å². The van der Waals surface area contributed by atoms with E-state index < -0.39 is 29.1 Å². The van der Waals surface area contributed by atoms with E-state index in [0.29, 0.717) is 19.0 Å². The van der Waals surface area contributed by atoms with Gasteiger partial charge in [-0.1, -0.05) is 19.9 Å². The molecule has 0 radical (unpaired) electrons. The second-order valence-corrected chi connectivity index (χ2v) is 7.14. The molecule has 27 heavy (non-hydrogen) atoms. The van der Waals surface area contributed by atoms with Gasteiger partial charge in [0.1, 0.15) is 23.2 Å². The Morgan fingerprint density at radius 2 is 1.89 bits per heavy atom. The minimum Gasteiger partial charge on any atom is -0.341 e. The van der Waals surface area contributed by atoms with Gasteiger partial charge in [-0.25, -0.2) is 8.78 Å². The molecule has 1 aromatic carbocycles. The Morgan fingerprint density at radius 1 is 1.26 bits per heavy atom. The van der Waals surface area contributed by atoms with Crippen LogP contribution in [0.1, 0.15) is 37.0 Å². The molecule has 1 fully saturated rings. The molecule has 2 rings (SSSR count). The zero-order valence-electron chi connectivity index (χ0n) is 15.9. The molecular weight excluding hydrogens is 376 g/mol. The number of likely N-dealkylation sites (tertiary alicyclic amines) is 1. The summed E-state index contributed by atoms with van der Waals surface area (Å²) in [6, 6.07) is 2.42. The first-order valence-electron chi connectivity index (χ1n) is 9.03. The zero-order valence-corrected chi connectivity index (χ0v) is 16.7. The number of carbonyl (C=O) groups is 2. The summed E-state index contributed by atoms with van der Waals surface area (Å²) in [6.45, 7) is 5.67. The fourth-order valence-corrected chi connectivity index (χ4v) is 3.36. The Kier molecular flexibility index (Phi) is 9.12. The lowest BCUT2D eigenvalue weighted by Crippen LogP contribution is -2.54. The van der Waals surface area contributed by atoms with Gasteiger partial charge in [0.05, 0.1) is 0 Å². The van der Waals surface area contributed by atoms with Crippen molar-refractivity contribution >= 4 is 24.2 Å². The van der Waals surface area contributed by atoms with Gasteiger partial charge >= 0.3 is 0 Å². The molecule has 0 aliphatic carbocycles. The summed E-state index contributed by atoms with van der Waals surface area (Å²) < 4.78 is 27.7. The summed E-state index contributed by atoms with van der Waals surface area (Å²) >= 11 is 0. The Hall–Kier alpha value is -1.73. The van der Waals surface area contributed by atoms with E-state index in [4.69, 9.17) is 0 Å². The molecule has 2 atom stereocenters. The lowest BCUT2D eigenvalue weighted by Gasteiger charge is -2.36. The van der Waals surface area contributed by atoms with E-state index in [0.717, 1.165) is 31.5 Å². The third kappa shape index (κ3) is 5.87. The quantitative estimate of drug-likeness (QED) is 0.767. The van der Waals surface area contributed by atoms with Crippen molar-refractivity contribution in [2.75, 3.05) is 26.7 Å². The van der Waals surface area contributed by atoms with Gasteiger partial charge in [-0.3, -0.25) is 9.59 Å². The van der Waals surface area contributed by atoms with Crippen LogP contribution in [0.4, 0.5) is 8.78 Å². The molecule has 2 amide bonds. The third-order valence-electron chi connectivity index (χ3n) is 4.73. The van der Waals surface area contributed by atoms with Crippen LogP contribution < -0.4 is 10.6 Å². The molecule has 1 aliphatic rings. The number of carbonyl (C=O) groups excluding carboxylic acids is 2. The lowest BCUT2D eigenvalue weighted by molar-refractivity contribution is -0.136. The Labute approximate surface area is 165 Å². The summed E-state index contributed by atoms with van der Waals surface area (Å²) in [5.41, 5.74) is -0.655. The SMILES string of the molecule is CNCC1CCCN(C(=O)C(NC(=O)c2c(F)cccc2F)C(C)C)C1.Cl.